The van der Waals surface area contributed by atoms with Crippen LogP contribution in [0.2, 0.25) is 0 Å². The second-order valence-electron chi connectivity index (χ2n) is 7.21. The summed E-state index contributed by atoms with van der Waals surface area (Å²) in [7, 11) is 0. The van der Waals surface area contributed by atoms with Crippen molar-refractivity contribution in [3.05, 3.63) is 76.2 Å². The van der Waals surface area contributed by atoms with Gasteiger partial charge in [-0.2, -0.15) is 4.39 Å². The topological polar surface area (TPSA) is 62.6 Å². The van der Waals surface area contributed by atoms with Gasteiger partial charge >= 0.3 is 0 Å². The predicted molar refractivity (Wildman–Crippen MR) is 107 cm³/mol. The van der Waals surface area contributed by atoms with Crippen LogP contribution in [0.4, 0.5) is 4.39 Å². The molecule has 2 N–H and O–H groups in total. The molecule has 2 unspecified atom stereocenters. The Kier molecular flexibility index (Phi) is 5.55. The minimum atomic E-state index is -0.710. The molecular formula is C22H22FNO3S. The van der Waals surface area contributed by atoms with Crippen molar-refractivity contribution >= 4 is 11.3 Å². The van der Waals surface area contributed by atoms with Gasteiger partial charge in [0.25, 0.3) is 0 Å². The Bertz CT molecular complexity index is 957. The second-order valence-corrected chi connectivity index (χ2v) is 8.38. The Balaban J connectivity index is 1.54. The van der Waals surface area contributed by atoms with Crippen LogP contribution in [-0.2, 0) is 11.2 Å². The number of nitrogens with zero attached hydrogens (tertiary/aromatic N) is 1. The highest BCUT2D eigenvalue weighted by molar-refractivity contribution is 7.15. The molecule has 0 radical (unpaired) electrons. The van der Waals surface area contributed by atoms with Crippen molar-refractivity contribution in [2.45, 2.75) is 38.1 Å². The van der Waals surface area contributed by atoms with E-state index < -0.39 is 24.3 Å². The molecule has 2 aromatic heterocycles. The van der Waals surface area contributed by atoms with Crippen molar-refractivity contribution in [2.24, 2.45) is 0 Å². The summed E-state index contributed by atoms with van der Waals surface area (Å²) in [5, 5.41) is 19.9. The van der Waals surface area contributed by atoms with Crippen LogP contribution in [0, 0.1) is 12.9 Å². The Morgan fingerprint density at radius 1 is 1.18 bits per heavy atom. The molecule has 146 valence electrons. The molecule has 1 fully saturated rings. The maximum atomic E-state index is 13.0. The normalized spacial score (nSPS) is 22.4. The molecule has 4 rings (SSSR count). The van der Waals surface area contributed by atoms with Gasteiger partial charge in [0.15, 0.2) is 0 Å². The van der Waals surface area contributed by atoms with E-state index in [0.29, 0.717) is 6.42 Å². The molecule has 1 aromatic carbocycles. The van der Waals surface area contributed by atoms with Gasteiger partial charge in [-0.3, -0.25) is 0 Å². The van der Waals surface area contributed by atoms with Crippen molar-refractivity contribution in [3.8, 4) is 10.4 Å². The van der Waals surface area contributed by atoms with Crippen LogP contribution >= 0.6 is 11.3 Å². The summed E-state index contributed by atoms with van der Waals surface area (Å²) in [5.74, 6) is -0.479. The van der Waals surface area contributed by atoms with Gasteiger partial charge in [0.05, 0.1) is 18.8 Å². The number of aliphatic hydroxyl groups is 2. The zero-order chi connectivity index (χ0) is 19.7. The molecule has 1 aliphatic rings. The van der Waals surface area contributed by atoms with Crippen molar-refractivity contribution in [1.29, 1.82) is 0 Å². The Labute approximate surface area is 167 Å². The van der Waals surface area contributed by atoms with E-state index in [1.165, 1.54) is 22.1 Å². The molecule has 3 aromatic rings. The number of hydrogen-bond donors (Lipinski definition) is 2. The lowest BCUT2D eigenvalue weighted by Crippen LogP contribution is -2.35. The number of aryl methyl sites for hydroxylation is 1. The number of hydrogen-bond acceptors (Lipinski definition) is 5. The first-order valence-electron chi connectivity index (χ1n) is 9.27. The molecular weight excluding hydrogens is 377 g/mol. The van der Waals surface area contributed by atoms with E-state index in [1.54, 1.807) is 23.6 Å². The van der Waals surface area contributed by atoms with E-state index in [2.05, 4.69) is 24.0 Å². The van der Waals surface area contributed by atoms with Crippen LogP contribution in [-0.4, -0.2) is 34.0 Å². The van der Waals surface area contributed by atoms with Gasteiger partial charge in [-0.1, -0.05) is 18.2 Å². The number of thiophene rings is 1. The number of aliphatic hydroxyl groups excluding tert-OH is 2. The maximum absolute atomic E-state index is 13.0. The third-order valence-electron chi connectivity index (χ3n) is 5.07. The Morgan fingerprint density at radius 2 is 2.04 bits per heavy atom. The summed E-state index contributed by atoms with van der Waals surface area (Å²) in [6.45, 7) is 2.31. The minimum Gasteiger partial charge on any atom is -0.391 e. The fourth-order valence-corrected chi connectivity index (χ4v) is 4.53. The molecule has 4 nitrogen and oxygen atoms in total. The first-order valence-corrected chi connectivity index (χ1v) is 10.1. The minimum absolute atomic E-state index is 0.241. The van der Waals surface area contributed by atoms with Crippen molar-refractivity contribution in [3.63, 3.8) is 0 Å². The number of pyridine rings is 1. The quantitative estimate of drug-likeness (QED) is 0.650. The first kappa shape index (κ1) is 19.2. The van der Waals surface area contributed by atoms with E-state index in [9.17, 15) is 14.6 Å². The van der Waals surface area contributed by atoms with Crippen molar-refractivity contribution in [1.82, 2.24) is 4.98 Å². The lowest BCUT2D eigenvalue weighted by molar-refractivity contribution is -0.125. The molecule has 0 aliphatic carbocycles. The van der Waals surface area contributed by atoms with Gasteiger partial charge < -0.3 is 14.9 Å². The van der Waals surface area contributed by atoms with Crippen molar-refractivity contribution < 1.29 is 19.3 Å². The molecule has 28 heavy (non-hydrogen) atoms. The molecule has 0 amide bonds. The van der Waals surface area contributed by atoms with E-state index in [0.717, 1.165) is 22.4 Å². The highest BCUT2D eigenvalue weighted by Gasteiger charge is 2.30. The molecule has 0 bridgehead atoms. The van der Waals surface area contributed by atoms with Crippen LogP contribution in [0.25, 0.3) is 10.4 Å². The molecule has 0 spiro atoms. The summed E-state index contributed by atoms with van der Waals surface area (Å²) in [6.07, 6.45) is 0.915. The number of benzene rings is 1. The van der Waals surface area contributed by atoms with Gasteiger partial charge in [0, 0.05) is 34.4 Å². The highest BCUT2D eigenvalue weighted by Crippen LogP contribution is 2.32. The molecule has 0 saturated carbocycles. The summed E-state index contributed by atoms with van der Waals surface area (Å²) < 4.78 is 18.7. The van der Waals surface area contributed by atoms with E-state index in [1.807, 2.05) is 18.2 Å². The van der Waals surface area contributed by atoms with Gasteiger partial charge in [-0.15, -0.1) is 11.3 Å². The number of halogens is 1. The smallest absolute Gasteiger partial charge is 0.212 e. The predicted octanol–water partition coefficient (Wildman–Crippen LogP) is 4.03. The fourth-order valence-electron chi connectivity index (χ4n) is 3.51. The van der Waals surface area contributed by atoms with Gasteiger partial charge in [0.2, 0.25) is 5.95 Å². The average Bonchev–Trinajstić information content (AvgIpc) is 3.13. The molecule has 1 aliphatic heterocycles. The maximum Gasteiger partial charge on any atom is 0.212 e. The number of ether oxygens (including phenoxy) is 1. The lowest BCUT2D eigenvalue weighted by Gasteiger charge is -2.31. The largest absolute Gasteiger partial charge is 0.391 e. The summed E-state index contributed by atoms with van der Waals surface area (Å²) in [5.41, 5.74) is 4.18. The van der Waals surface area contributed by atoms with Crippen LogP contribution in [0.5, 0.6) is 0 Å². The average molecular weight is 399 g/mol. The van der Waals surface area contributed by atoms with Crippen LogP contribution < -0.4 is 0 Å². The van der Waals surface area contributed by atoms with Crippen molar-refractivity contribution in [2.75, 3.05) is 6.61 Å². The Morgan fingerprint density at radius 3 is 2.79 bits per heavy atom. The third-order valence-corrected chi connectivity index (χ3v) is 6.21. The Hall–Kier alpha value is -2.12. The highest BCUT2D eigenvalue weighted by atomic mass is 32.1. The zero-order valence-corrected chi connectivity index (χ0v) is 16.3. The van der Waals surface area contributed by atoms with E-state index >= 15 is 0 Å². The monoisotopic (exact) mass is 399 g/mol. The molecule has 3 heterocycles. The summed E-state index contributed by atoms with van der Waals surface area (Å²) in [6, 6.07) is 13.3. The summed E-state index contributed by atoms with van der Waals surface area (Å²) >= 11 is 1.66. The SMILES string of the molecule is Cc1ccc([C@@H]2OCC(O)CC2O)cc1Cc1ccc(-c2ccc(F)nc2)s1. The third kappa shape index (κ3) is 4.15. The molecule has 6 heteroatoms. The fraction of sp³-hybridized carbons (Fsp3) is 0.318. The van der Waals surface area contributed by atoms with E-state index in [-0.39, 0.29) is 6.61 Å². The number of aromatic nitrogens is 1. The molecule has 1 saturated heterocycles. The van der Waals surface area contributed by atoms with Crippen LogP contribution in [0.15, 0.2) is 48.7 Å². The van der Waals surface area contributed by atoms with E-state index in [4.69, 9.17) is 4.74 Å². The second kappa shape index (κ2) is 8.09. The summed E-state index contributed by atoms with van der Waals surface area (Å²) in [4.78, 5) is 5.97. The van der Waals surface area contributed by atoms with Gasteiger partial charge in [0.1, 0.15) is 6.10 Å². The first-order chi connectivity index (χ1) is 13.5. The van der Waals surface area contributed by atoms with Crippen LogP contribution in [0.1, 0.15) is 34.1 Å². The zero-order valence-electron chi connectivity index (χ0n) is 15.5. The standard InChI is InChI=1S/C22H22FNO3S/c1-13-2-3-14(22-19(26)10-17(25)12-27-22)8-16(13)9-18-5-6-20(28-18)15-4-7-21(23)24-11-15/h2-8,11,17,19,22,25-26H,9-10,12H2,1H3/t17?,19?,22-/m0/s1. The van der Waals surface area contributed by atoms with Gasteiger partial charge in [-0.25, -0.2) is 4.98 Å². The van der Waals surface area contributed by atoms with Crippen LogP contribution in [0.3, 0.4) is 0 Å². The molecule has 3 atom stereocenters. The number of rotatable bonds is 4. The van der Waals surface area contributed by atoms with Gasteiger partial charge in [-0.05, 0) is 47.9 Å². The lowest BCUT2D eigenvalue weighted by atomic mass is 9.93.